The van der Waals surface area contributed by atoms with Gasteiger partial charge in [-0.1, -0.05) is 18.2 Å². The van der Waals surface area contributed by atoms with Crippen LogP contribution in [0.15, 0.2) is 30.3 Å². The van der Waals surface area contributed by atoms with Gasteiger partial charge in [0.05, 0.1) is 6.61 Å². The number of carbonyl (C=O) groups is 1. The number of benzene rings is 1. The SMILES string of the molecule is CC(Oc1ccccc1)C(=O)N(CCO)C1CCC1. The minimum Gasteiger partial charge on any atom is -0.481 e. The molecule has 0 saturated heterocycles. The van der Waals surface area contributed by atoms with Crippen molar-refractivity contribution in [2.75, 3.05) is 13.2 Å². The van der Waals surface area contributed by atoms with Gasteiger partial charge in [0.15, 0.2) is 6.10 Å². The van der Waals surface area contributed by atoms with Gasteiger partial charge in [0.2, 0.25) is 0 Å². The summed E-state index contributed by atoms with van der Waals surface area (Å²) >= 11 is 0. The van der Waals surface area contributed by atoms with Crippen molar-refractivity contribution in [1.29, 1.82) is 0 Å². The summed E-state index contributed by atoms with van der Waals surface area (Å²) < 4.78 is 5.65. The van der Waals surface area contributed by atoms with Gasteiger partial charge in [-0.2, -0.15) is 0 Å². The first-order chi connectivity index (χ1) is 9.22. The van der Waals surface area contributed by atoms with Gasteiger partial charge in [-0.25, -0.2) is 0 Å². The highest BCUT2D eigenvalue weighted by atomic mass is 16.5. The van der Waals surface area contributed by atoms with Crippen molar-refractivity contribution in [3.8, 4) is 5.75 Å². The summed E-state index contributed by atoms with van der Waals surface area (Å²) in [6.45, 7) is 2.16. The Morgan fingerprint density at radius 2 is 2.11 bits per heavy atom. The maximum absolute atomic E-state index is 12.4. The molecule has 4 heteroatoms. The lowest BCUT2D eigenvalue weighted by Crippen LogP contribution is -2.50. The van der Waals surface area contributed by atoms with Crippen molar-refractivity contribution in [2.45, 2.75) is 38.3 Å². The number of hydrogen-bond acceptors (Lipinski definition) is 3. The van der Waals surface area contributed by atoms with Crippen LogP contribution < -0.4 is 4.74 Å². The lowest BCUT2D eigenvalue weighted by Gasteiger charge is -2.38. The van der Waals surface area contributed by atoms with Gasteiger partial charge in [-0.05, 0) is 38.3 Å². The molecule has 2 rings (SSSR count). The third kappa shape index (κ3) is 3.47. The molecule has 1 atom stereocenters. The summed E-state index contributed by atoms with van der Waals surface area (Å²) in [5, 5.41) is 9.09. The first kappa shape index (κ1) is 13.9. The van der Waals surface area contributed by atoms with E-state index >= 15 is 0 Å². The van der Waals surface area contributed by atoms with E-state index in [1.807, 2.05) is 30.3 Å². The molecule has 1 fully saturated rings. The first-order valence-corrected chi connectivity index (χ1v) is 6.85. The number of nitrogens with zero attached hydrogens (tertiary/aromatic N) is 1. The maximum Gasteiger partial charge on any atom is 0.263 e. The Hall–Kier alpha value is -1.55. The Balaban J connectivity index is 1.96. The van der Waals surface area contributed by atoms with Crippen molar-refractivity contribution in [1.82, 2.24) is 4.90 Å². The number of carbonyl (C=O) groups excluding carboxylic acids is 1. The van der Waals surface area contributed by atoms with Crippen LogP contribution >= 0.6 is 0 Å². The maximum atomic E-state index is 12.4. The molecule has 4 nitrogen and oxygen atoms in total. The standard InChI is InChI=1S/C15H21NO3/c1-12(19-14-8-3-2-4-9-14)15(18)16(10-11-17)13-6-5-7-13/h2-4,8-9,12-13,17H,5-7,10-11H2,1H3. The average molecular weight is 263 g/mol. The summed E-state index contributed by atoms with van der Waals surface area (Å²) in [4.78, 5) is 14.1. The van der Waals surface area contributed by atoms with Gasteiger partial charge in [0, 0.05) is 12.6 Å². The average Bonchev–Trinajstić information content (AvgIpc) is 2.36. The van der Waals surface area contributed by atoms with Crippen LogP contribution in [0.5, 0.6) is 5.75 Å². The fourth-order valence-corrected chi connectivity index (χ4v) is 2.27. The number of para-hydroxylation sites is 1. The van der Waals surface area contributed by atoms with Gasteiger partial charge in [0.1, 0.15) is 5.75 Å². The van der Waals surface area contributed by atoms with Crippen LogP contribution in [0.3, 0.4) is 0 Å². The van der Waals surface area contributed by atoms with Crippen LogP contribution in [0.4, 0.5) is 0 Å². The highest BCUT2D eigenvalue weighted by Gasteiger charge is 2.31. The summed E-state index contributed by atoms with van der Waals surface area (Å²) in [6, 6.07) is 9.62. The largest absolute Gasteiger partial charge is 0.481 e. The third-order valence-corrected chi connectivity index (χ3v) is 3.54. The third-order valence-electron chi connectivity index (χ3n) is 3.54. The lowest BCUT2D eigenvalue weighted by molar-refractivity contribution is -0.142. The summed E-state index contributed by atoms with van der Waals surface area (Å²) in [5.74, 6) is 0.656. The molecule has 0 aliphatic heterocycles. The van der Waals surface area contributed by atoms with E-state index < -0.39 is 6.10 Å². The minimum absolute atomic E-state index is 0.000295. The van der Waals surface area contributed by atoms with E-state index in [2.05, 4.69) is 0 Å². The van der Waals surface area contributed by atoms with Crippen molar-refractivity contribution in [2.24, 2.45) is 0 Å². The number of aliphatic hydroxyl groups excluding tert-OH is 1. The van der Waals surface area contributed by atoms with Crippen LogP contribution in [0, 0.1) is 0 Å². The molecule has 0 bridgehead atoms. The predicted octanol–water partition coefficient (Wildman–Crippen LogP) is 1.83. The Morgan fingerprint density at radius 3 is 2.63 bits per heavy atom. The second-order valence-electron chi connectivity index (χ2n) is 4.91. The van der Waals surface area contributed by atoms with Crippen molar-refractivity contribution < 1.29 is 14.6 Å². The van der Waals surface area contributed by atoms with Gasteiger partial charge >= 0.3 is 0 Å². The smallest absolute Gasteiger partial charge is 0.263 e. The zero-order chi connectivity index (χ0) is 13.7. The van der Waals surface area contributed by atoms with Crippen LogP contribution in [0.1, 0.15) is 26.2 Å². The Bertz CT molecular complexity index is 403. The van der Waals surface area contributed by atoms with Crippen LogP contribution in [-0.4, -0.2) is 41.2 Å². The minimum atomic E-state index is -0.519. The molecule has 1 unspecified atom stereocenters. The van der Waals surface area contributed by atoms with Crippen molar-refractivity contribution in [3.05, 3.63) is 30.3 Å². The second kappa shape index (κ2) is 6.57. The van der Waals surface area contributed by atoms with Crippen molar-refractivity contribution >= 4 is 5.91 Å². The van der Waals surface area contributed by atoms with E-state index in [0.717, 1.165) is 19.3 Å². The highest BCUT2D eigenvalue weighted by molar-refractivity contribution is 5.81. The van der Waals surface area contributed by atoms with E-state index in [0.29, 0.717) is 12.3 Å². The lowest BCUT2D eigenvalue weighted by atomic mass is 9.91. The first-order valence-electron chi connectivity index (χ1n) is 6.85. The fraction of sp³-hybridized carbons (Fsp3) is 0.533. The molecule has 1 saturated carbocycles. The van der Waals surface area contributed by atoms with E-state index in [9.17, 15) is 4.79 Å². The number of aliphatic hydroxyl groups is 1. The van der Waals surface area contributed by atoms with Gasteiger partial charge < -0.3 is 14.7 Å². The molecule has 0 spiro atoms. The Kier molecular flexibility index (Phi) is 4.80. The Morgan fingerprint density at radius 1 is 1.42 bits per heavy atom. The van der Waals surface area contributed by atoms with E-state index in [1.54, 1.807) is 11.8 Å². The van der Waals surface area contributed by atoms with E-state index in [1.165, 1.54) is 0 Å². The summed E-state index contributed by atoms with van der Waals surface area (Å²) in [7, 11) is 0. The molecule has 1 aliphatic rings. The molecule has 1 aromatic rings. The van der Waals surface area contributed by atoms with Gasteiger partial charge in [-0.3, -0.25) is 4.79 Å². The zero-order valence-corrected chi connectivity index (χ0v) is 11.3. The van der Waals surface area contributed by atoms with Crippen LogP contribution in [0.2, 0.25) is 0 Å². The molecule has 0 heterocycles. The van der Waals surface area contributed by atoms with E-state index in [4.69, 9.17) is 9.84 Å². The number of ether oxygens (including phenoxy) is 1. The molecular formula is C15H21NO3. The molecule has 1 N–H and O–H groups in total. The van der Waals surface area contributed by atoms with Gasteiger partial charge in [-0.15, -0.1) is 0 Å². The quantitative estimate of drug-likeness (QED) is 0.852. The normalized spacial score (nSPS) is 16.5. The van der Waals surface area contributed by atoms with Gasteiger partial charge in [0.25, 0.3) is 5.91 Å². The zero-order valence-electron chi connectivity index (χ0n) is 11.3. The summed E-state index contributed by atoms with van der Waals surface area (Å²) in [6.07, 6.45) is 2.70. The predicted molar refractivity (Wildman–Crippen MR) is 73.0 cm³/mol. The Labute approximate surface area is 114 Å². The molecule has 19 heavy (non-hydrogen) atoms. The number of rotatable bonds is 6. The molecule has 1 aliphatic carbocycles. The molecule has 1 aromatic carbocycles. The fourth-order valence-electron chi connectivity index (χ4n) is 2.27. The molecule has 0 radical (unpaired) electrons. The van der Waals surface area contributed by atoms with Crippen molar-refractivity contribution in [3.63, 3.8) is 0 Å². The molecule has 104 valence electrons. The monoisotopic (exact) mass is 263 g/mol. The number of hydrogen-bond donors (Lipinski definition) is 1. The van der Waals surface area contributed by atoms with Crippen LogP contribution in [-0.2, 0) is 4.79 Å². The molecule has 1 amide bonds. The van der Waals surface area contributed by atoms with E-state index in [-0.39, 0.29) is 18.6 Å². The highest BCUT2D eigenvalue weighted by Crippen LogP contribution is 2.25. The topological polar surface area (TPSA) is 49.8 Å². The molecular weight excluding hydrogens is 242 g/mol. The summed E-state index contributed by atoms with van der Waals surface area (Å²) in [5.41, 5.74) is 0. The second-order valence-corrected chi connectivity index (χ2v) is 4.91. The number of amides is 1. The molecule has 0 aromatic heterocycles. The van der Waals surface area contributed by atoms with Crippen LogP contribution in [0.25, 0.3) is 0 Å².